The van der Waals surface area contributed by atoms with Crippen LogP contribution in [-0.4, -0.2) is 24.5 Å². The van der Waals surface area contributed by atoms with Crippen molar-refractivity contribution in [2.24, 2.45) is 0 Å². The molecule has 2 rings (SSSR count). The molecule has 7 heteroatoms. The zero-order valence-corrected chi connectivity index (χ0v) is 11.1. The van der Waals surface area contributed by atoms with Crippen LogP contribution in [0.15, 0.2) is 59.8 Å². The number of pyridine rings is 1. The van der Waals surface area contributed by atoms with E-state index in [-0.39, 0.29) is 4.90 Å². The predicted molar refractivity (Wildman–Crippen MR) is 71.4 cm³/mol. The van der Waals surface area contributed by atoms with Crippen LogP contribution in [0, 0.1) is 0 Å². The number of aliphatic carboxylic acids is 1. The summed E-state index contributed by atoms with van der Waals surface area (Å²) < 4.78 is 26.4. The number of nitrogens with one attached hydrogen (secondary N) is 1. The maximum Gasteiger partial charge on any atom is 0.326 e. The smallest absolute Gasteiger partial charge is 0.326 e. The Labute approximate surface area is 116 Å². The summed E-state index contributed by atoms with van der Waals surface area (Å²) in [7, 11) is -3.95. The number of carboxylic acids is 1. The summed E-state index contributed by atoms with van der Waals surface area (Å²) in [4.78, 5) is 14.9. The van der Waals surface area contributed by atoms with Crippen LogP contribution in [0.4, 0.5) is 0 Å². The van der Waals surface area contributed by atoms with E-state index in [1.807, 2.05) is 0 Å². The number of carbonyl (C=O) groups is 1. The van der Waals surface area contributed by atoms with E-state index in [0.29, 0.717) is 5.56 Å². The lowest BCUT2D eigenvalue weighted by molar-refractivity contribution is -0.139. The van der Waals surface area contributed by atoms with E-state index in [1.165, 1.54) is 18.3 Å². The van der Waals surface area contributed by atoms with Crippen molar-refractivity contribution in [3.8, 4) is 0 Å². The number of hydrogen-bond donors (Lipinski definition) is 2. The van der Waals surface area contributed by atoms with Crippen LogP contribution in [0.3, 0.4) is 0 Å². The normalized spacial score (nSPS) is 12.8. The zero-order chi connectivity index (χ0) is 14.6. The first kappa shape index (κ1) is 14.2. The number of hydrogen-bond acceptors (Lipinski definition) is 4. The minimum Gasteiger partial charge on any atom is -0.480 e. The molecule has 0 saturated heterocycles. The molecule has 1 aromatic heterocycles. The maximum absolute atomic E-state index is 12.1. The molecule has 0 unspecified atom stereocenters. The molecule has 0 fully saturated rings. The molecule has 0 saturated carbocycles. The van der Waals surface area contributed by atoms with Crippen LogP contribution in [-0.2, 0) is 14.8 Å². The monoisotopic (exact) mass is 292 g/mol. The Bertz CT molecular complexity index is 687. The van der Waals surface area contributed by atoms with Gasteiger partial charge >= 0.3 is 5.97 Å². The van der Waals surface area contributed by atoms with Crippen molar-refractivity contribution in [1.82, 2.24) is 9.71 Å². The molecule has 0 aliphatic carbocycles. The third-order valence-electron chi connectivity index (χ3n) is 2.60. The second-order valence-electron chi connectivity index (χ2n) is 3.99. The maximum atomic E-state index is 12.1. The Kier molecular flexibility index (Phi) is 4.11. The largest absolute Gasteiger partial charge is 0.480 e. The minimum atomic E-state index is -3.95. The van der Waals surface area contributed by atoms with E-state index < -0.39 is 22.0 Å². The standard InChI is InChI=1S/C13H12N2O4S/c16-13(17)12(10-5-2-1-3-6-10)15-20(18,19)11-7-4-8-14-9-11/h1-9,12,15H,(H,16,17)/t12-/m0/s1. The SMILES string of the molecule is O=C(O)[C@@H](NS(=O)(=O)c1cccnc1)c1ccccc1. The van der Waals surface area contributed by atoms with E-state index in [4.69, 9.17) is 0 Å². The summed E-state index contributed by atoms with van der Waals surface area (Å²) in [5, 5.41) is 9.19. The molecule has 0 aliphatic rings. The van der Waals surface area contributed by atoms with Crippen molar-refractivity contribution in [2.75, 3.05) is 0 Å². The Hall–Kier alpha value is -2.25. The number of rotatable bonds is 5. The first-order chi connectivity index (χ1) is 9.50. The van der Waals surface area contributed by atoms with Gasteiger partial charge in [-0.1, -0.05) is 30.3 Å². The third kappa shape index (κ3) is 3.19. The number of aromatic nitrogens is 1. The van der Waals surface area contributed by atoms with Crippen molar-refractivity contribution in [2.45, 2.75) is 10.9 Å². The van der Waals surface area contributed by atoms with E-state index in [2.05, 4.69) is 9.71 Å². The number of carboxylic acid groups (broad SMARTS) is 1. The molecule has 2 aromatic rings. The lowest BCUT2D eigenvalue weighted by atomic mass is 10.1. The Morgan fingerprint density at radius 2 is 1.85 bits per heavy atom. The zero-order valence-electron chi connectivity index (χ0n) is 10.3. The molecule has 1 heterocycles. The number of nitrogens with zero attached hydrogens (tertiary/aromatic N) is 1. The third-order valence-corrected chi connectivity index (χ3v) is 4.01. The van der Waals surface area contributed by atoms with Gasteiger partial charge in [0.15, 0.2) is 0 Å². The first-order valence-corrected chi connectivity index (χ1v) is 7.19. The fraction of sp³-hybridized carbons (Fsp3) is 0.0769. The Morgan fingerprint density at radius 1 is 1.15 bits per heavy atom. The molecule has 20 heavy (non-hydrogen) atoms. The van der Waals surface area contributed by atoms with Crippen LogP contribution in [0.1, 0.15) is 11.6 Å². The summed E-state index contributed by atoms with van der Waals surface area (Å²) in [5.74, 6) is -1.27. The quantitative estimate of drug-likeness (QED) is 0.862. The summed E-state index contributed by atoms with van der Waals surface area (Å²) in [6, 6.07) is 9.56. The molecule has 2 N–H and O–H groups in total. The first-order valence-electron chi connectivity index (χ1n) is 5.71. The molecule has 0 aliphatic heterocycles. The van der Waals surface area contributed by atoms with Crippen LogP contribution < -0.4 is 4.72 Å². The van der Waals surface area contributed by atoms with Crippen molar-refractivity contribution in [3.63, 3.8) is 0 Å². The topological polar surface area (TPSA) is 96.4 Å². The van der Waals surface area contributed by atoms with E-state index in [1.54, 1.807) is 30.3 Å². The molecule has 1 atom stereocenters. The predicted octanol–water partition coefficient (Wildman–Crippen LogP) is 1.19. The minimum absolute atomic E-state index is 0.0813. The second-order valence-corrected chi connectivity index (χ2v) is 5.71. The van der Waals surface area contributed by atoms with Gasteiger partial charge < -0.3 is 5.11 Å². The van der Waals surface area contributed by atoms with Crippen LogP contribution >= 0.6 is 0 Å². The lowest BCUT2D eigenvalue weighted by Gasteiger charge is -2.14. The van der Waals surface area contributed by atoms with Gasteiger partial charge in [0.25, 0.3) is 0 Å². The molecule has 0 amide bonds. The molecule has 0 radical (unpaired) electrons. The van der Waals surface area contributed by atoms with Gasteiger partial charge in [-0.2, -0.15) is 4.72 Å². The van der Waals surface area contributed by atoms with E-state index in [0.717, 1.165) is 6.20 Å². The summed E-state index contributed by atoms with van der Waals surface area (Å²) >= 11 is 0. The fourth-order valence-corrected chi connectivity index (χ4v) is 2.78. The molecule has 0 spiro atoms. The van der Waals surface area contributed by atoms with Crippen LogP contribution in [0.5, 0.6) is 0 Å². The van der Waals surface area contributed by atoms with Crippen molar-refractivity contribution >= 4 is 16.0 Å². The van der Waals surface area contributed by atoms with Crippen LogP contribution in [0.25, 0.3) is 0 Å². The van der Waals surface area contributed by atoms with Crippen molar-refractivity contribution < 1.29 is 18.3 Å². The van der Waals surface area contributed by atoms with E-state index >= 15 is 0 Å². The van der Waals surface area contributed by atoms with Gasteiger partial charge in [0.1, 0.15) is 10.9 Å². The molecular formula is C13H12N2O4S. The molecule has 6 nitrogen and oxygen atoms in total. The van der Waals surface area contributed by atoms with E-state index in [9.17, 15) is 18.3 Å². The summed E-state index contributed by atoms with van der Waals surface area (Å²) in [5.41, 5.74) is 0.354. The van der Waals surface area contributed by atoms with Gasteiger partial charge in [0, 0.05) is 12.4 Å². The van der Waals surface area contributed by atoms with Crippen molar-refractivity contribution in [3.05, 3.63) is 60.4 Å². The Balaban J connectivity index is 2.33. The fourth-order valence-electron chi connectivity index (χ4n) is 1.64. The Morgan fingerprint density at radius 3 is 2.40 bits per heavy atom. The van der Waals surface area contributed by atoms with Crippen LogP contribution in [0.2, 0.25) is 0 Å². The number of sulfonamides is 1. The highest BCUT2D eigenvalue weighted by molar-refractivity contribution is 7.89. The lowest BCUT2D eigenvalue weighted by Crippen LogP contribution is -2.33. The molecule has 1 aromatic carbocycles. The summed E-state index contributed by atoms with van der Waals surface area (Å²) in [6.45, 7) is 0. The van der Waals surface area contributed by atoms with Crippen molar-refractivity contribution in [1.29, 1.82) is 0 Å². The highest BCUT2D eigenvalue weighted by Gasteiger charge is 2.26. The van der Waals surface area contributed by atoms with Gasteiger partial charge in [-0.15, -0.1) is 0 Å². The molecule has 0 bridgehead atoms. The van der Waals surface area contributed by atoms with Gasteiger partial charge in [-0.25, -0.2) is 8.42 Å². The highest BCUT2D eigenvalue weighted by Crippen LogP contribution is 2.16. The number of benzene rings is 1. The van der Waals surface area contributed by atoms with Gasteiger partial charge in [0.2, 0.25) is 10.0 Å². The van der Waals surface area contributed by atoms with Gasteiger partial charge in [0.05, 0.1) is 0 Å². The highest BCUT2D eigenvalue weighted by atomic mass is 32.2. The second kappa shape index (κ2) is 5.81. The van der Waals surface area contributed by atoms with Gasteiger partial charge in [-0.05, 0) is 17.7 Å². The molecule has 104 valence electrons. The average Bonchev–Trinajstić information content (AvgIpc) is 2.46. The molecular weight excluding hydrogens is 280 g/mol. The van der Waals surface area contributed by atoms with Gasteiger partial charge in [-0.3, -0.25) is 9.78 Å². The summed E-state index contributed by atoms with van der Waals surface area (Å²) in [6.07, 6.45) is 2.59. The average molecular weight is 292 g/mol.